The lowest BCUT2D eigenvalue weighted by Gasteiger charge is -2.31. The van der Waals surface area contributed by atoms with E-state index in [2.05, 4.69) is 22.9 Å². The molecule has 0 N–H and O–H groups in total. The molecule has 5 heteroatoms. The van der Waals surface area contributed by atoms with E-state index in [4.69, 9.17) is 4.74 Å². The van der Waals surface area contributed by atoms with Crippen LogP contribution in [0.1, 0.15) is 21.5 Å². The Labute approximate surface area is 142 Å². The number of rotatable bonds is 3. The smallest absolute Gasteiger partial charge is 0.256 e. The minimum atomic E-state index is -0.0135. The number of pyridine rings is 1. The van der Waals surface area contributed by atoms with E-state index in [0.29, 0.717) is 18.7 Å². The van der Waals surface area contributed by atoms with Crippen LogP contribution in [0, 0.1) is 6.92 Å². The average molecular weight is 325 g/mol. The van der Waals surface area contributed by atoms with Gasteiger partial charge < -0.3 is 14.5 Å². The normalized spacial score (nSPS) is 17.2. The standard InChI is InChI=1S/C19H23N3O2/c1-14-6-7-18-16(9-14)11-22(17(13-24-18)12-21(2)3)19(23)15-5-4-8-20-10-15/h4-10,17H,11-13H2,1-3H3/t17-/m0/s1. The van der Waals surface area contributed by atoms with Gasteiger partial charge in [-0.3, -0.25) is 9.78 Å². The zero-order valence-corrected chi connectivity index (χ0v) is 14.4. The molecule has 2 heterocycles. The maximum absolute atomic E-state index is 13.1. The molecular formula is C19H23N3O2. The van der Waals surface area contributed by atoms with Gasteiger partial charge in [-0.05, 0) is 39.2 Å². The first kappa shape index (κ1) is 16.5. The summed E-state index contributed by atoms with van der Waals surface area (Å²) in [5.74, 6) is 0.860. The number of ether oxygens (including phenoxy) is 1. The minimum absolute atomic E-state index is 0.00657. The molecule has 1 aromatic carbocycles. The van der Waals surface area contributed by atoms with Crippen molar-refractivity contribution < 1.29 is 9.53 Å². The maximum Gasteiger partial charge on any atom is 0.256 e. The predicted octanol–water partition coefficient (Wildman–Crippen LogP) is 2.36. The summed E-state index contributed by atoms with van der Waals surface area (Å²) in [6.07, 6.45) is 3.30. The van der Waals surface area contributed by atoms with E-state index in [9.17, 15) is 4.79 Å². The molecule has 0 spiro atoms. The van der Waals surface area contributed by atoms with Gasteiger partial charge in [-0.25, -0.2) is 0 Å². The summed E-state index contributed by atoms with van der Waals surface area (Å²) in [6.45, 7) is 3.83. The highest BCUT2D eigenvalue weighted by Crippen LogP contribution is 2.27. The number of hydrogen-bond donors (Lipinski definition) is 0. The summed E-state index contributed by atoms with van der Waals surface area (Å²) in [7, 11) is 4.02. The Morgan fingerprint density at radius 2 is 2.21 bits per heavy atom. The van der Waals surface area contributed by atoms with E-state index in [1.54, 1.807) is 18.5 Å². The summed E-state index contributed by atoms with van der Waals surface area (Å²) in [5, 5.41) is 0. The molecule has 0 aliphatic carbocycles. The zero-order valence-electron chi connectivity index (χ0n) is 14.4. The van der Waals surface area contributed by atoms with Gasteiger partial charge in [-0.1, -0.05) is 17.7 Å². The van der Waals surface area contributed by atoms with Crippen molar-refractivity contribution in [2.45, 2.75) is 19.5 Å². The first-order valence-corrected chi connectivity index (χ1v) is 8.12. The van der Waals surface area contributed by atoms with Crippen molar-refractivity contribution >= 4 is 5.91 Å². The van der Waals surface area contributed by atoms with Gasteiger partial charge in [0.25, 0.3) is 5.91 Å². The van der Waals surface area contributed by atoms with Crippen molar-refractivity contribution in [3.8, 4) is 5.75 Å². The van der Waals surface area contributed by atoms with Gasteiger partial charge in [0.2, 0.25) is 0 Å². The number of carbonyl (C=O) groups is 1. The molecular weight excluding hydrogens is 302 g/mol. The number of carbonyl (C=O) groups excluding carboxylic acids is 1. The monoisotopic (exact) mass is 325 g/mol. The molecule has 1 aromatic heterocycles. The largest absolute Gasteiger partial charge is 0.491 e. The van der Waals surface area contributed by atoms with Crippen LogP contribution in [-0.4, -0.2) is 54.0 Å². The Balaban J connectivity index is 1.95. The second-order valence-electron chi connectivity index (χ2n) is 6.51. The topological polar surface area (TPSA) is 45.7 Å². The molecule has 0 radical (unpaired) electrons. The molecule has 1 aliphatic rings. The lowest BCUT2D eigenvalue weighted by molar-refractivity contribution is 0.0583. The molecule has 0 saturated heterocycles. The first-order valence-electron chi connectivity index (χ1n) is 8.12. The molecule has 0 unspecified atom stereocenters. The van der Waals surface area contributed by atoms with Gasteiger partial charge in [0.15, 0.2) is 0 Å². The highest BCUT2D eigenvalue weighted by Gasteiger charge is 2.29. The summed E-state index contributed by atoms with van der Waals surface area (Å²) in [5.41, 5.74) is 2.82. The Hall–Kier alpha value is -2.40. The third kappa shape index (κ3) is 3.57. The van der Waals surface area contributed by atoms with Crippen molar-refractivity contribution in [2.24, 2.45) is 0 Å². The Morgan fingerprint density at radius 1 is 1.38 bits per heavy atom. The average Bonchev–Trinajstić information content (AvgIpc) is 2.74. The number of likely N-dealkylation sites (N-methyl/N-ethyl adjacent to an activating group) is 1. The van der Waals surface area contributed by atoms with Crippen molar-refractivity contribution in [3.63, 3.8) is 0 Å². The third-order valence-corrected chi connectivity index (χ3v) is 4.17. The van der Waals surface area contributed by atoms with Crippen LogP contribution in [0.5, 0.6) is 5.75 Å². The molecule has 2 aromatic rings. The van der Waals surface area contributed by atoms with Crippen LogP contribution in [-0.2, 0) is 6.54 Å². The Kier molecular flexibility index (Phi) is 4.81. The molecule has 3 rings (SSSR count). The van der Waals surface area contributed by atoms with Crippen molar-refractivity contribution in [3.05, 3.63) is 59.4 Å². The van der Waals surface area contributed by atoms with Crippen LogP contribution in [0.3, 0.4) is 0 Å². The van der Waals surface area contributed by atoms with E-state index >= 15 is 0 Å². The summed E-state index contributed by atoms with van der Waals surface area (Å²) < 4.78 is 6.00. The van der Waals surface area contributed by atoms with Crippen molar-refractivity contribution in [1.82, 2.24) is 14.8 Å². The third-order valence-electron chi connectivity index (χ3n) is 4.17. The summed E-state index contributed by atoms with van der Waals surface area (Å²) in [4.78, 5) is 21.1. The molecule has 1 aliphatic heterocycles. The molecule has 0 fully saturated rings. The van der Waals surface area contributed by atoms with E-state index < -0.39 is 0 Å². The molecule has 24 heavy (non-hydrogen) atoms. The lowest BCUT2D eigenvalue weighted by Crippen LogP contribution is -2.47. The number of benzene rings is 1. The number of nitrogens with zero attached hydrogens (tertiary/aromatic N) is 3. The van der Waals surface area contributed by atoms with E-state index in [-0.39, 0.29) is 11.9 Å². The quantitative estimate of drug-likeness (QED) is 0.869. The molecule has 1 amide bonds. The molecule has 126 valence electrons. The number of aromatic nitrogens is 1. The predicted molar refractivity (Wildman–Crippen MR) is 93.1 cm³/mol. The van der Waals surface area contributed by atoms with Crippen LogP contribution in [0.15, 0.2) is 42.7 Å². The van der Waals surface area contributed by atoms with Gasteiger partial charge in [0.1, 0.15) is 12.4 Å². The SMILES string of the molecule is Cc1ccc2c(c1)CN(C(=O)c1cccnc1)[C@@H](CN(C)C)CO2. The van der Waals surface area contributed by atoms with E-state index in [1.807, 2.05) is 37.2 Å². The van der Waals surface area contributed by atoms with Crippen LogP contribution < -0.4 is 4.74 Å². The summed E-state index contributed by atoms with van der Waals surface area (Å²) >= 11 is 0. The lowest BCUT2D eigenvalue weighted by atomic mass is 10.1. The highest BCUT2D eigenvalue weighted by atomic mass is 16.5. The number of hydrogen-bond acceptors (Lipinski definition) is 4. The summed E-state index contributed by atoms with van der Waals surface area (Å²) in [6, 6.07) is 9.72. The number of amides is 1. The molecule has 1 atom stereocenters. The highest BCUT2D eigenvalue weighted by molar-refractivity contribution is 5.94. The fourth-order valence-corrected chi connectivity index (χ4v) is 3.03. The van der Waals surface area contributed by atoms with Crippen LogP contribution in [0.25, 0.3) is 0 Å². The fourth-order valence-electron chi connectivity index (χ4n) is 3.03. The van der Waals surface area contributed by atoms with Crippen LogP contribution in [0.4, 0.5) is 0 Å². The number of aryl methyl sites for hydroxylation is 1. The van der Waals surface area contributed by atoms with Crippen molar-refractivity contribution in [1.29, 1.82) is 0 Å². The van der Waals surface area contributed by atoms with E-state index in [1.165, 1.54) is 0 Å². The molecule has 0 saturated carbocycles. The van der Waals surface area contributed by atoms with Gasteiger partial charge in [0.05, 0.1) is 18.2 Å². The zero-order chi connectivity index (χ0) is 17.1. The van der Waals surface area contributed by atoms with Gasteiger partial charge in [0, 0.05) is 24.5 Å². The second kappa shape index (κ2) is 7.01. The van der Waals surface area contributed by atoms with E-state index in [0.717, 1.165) is 23.4 Å². The molecule has 5 nitrogen and oxygen atoms in total. The fraction of sp³-hybridized carbons (Fsp3) is 0.368. The Morgan fingerprint density at radius 3 is 2.92 bits per heavy atom. The first-order chi connectivity index (χ1) is 11.5. The van der Waals surface area contributed by atoms with Crippen molar-refractivity contribution in [2.75, 3.05) is 27.2 Å². The number of fused-ring (bicyclic) bond motifs is 1. The maximum atomic E-state index is 13.1. The molecule has 0 bridgehead atoms. The van der Waals surface area contributed by atoms with Gasteiger partial charge in [-0.15, -0.1) is 0 Å². The van der Waals surface area contributed by atoms with Gasteiger partial charge >= 0.3 is 0 Å². The van der Waals surface area contributed by atoms with Gasteiger partial charge in [-0.2, -0.15) is 0 Å². The van der Waals surface area contributed by atoms with Crippen LogP contribution in [0.2, 0.25) is 0 Å². The van der Waals surface area contributed by atoms with Crippen LogP contribution >= 0.6 is 0 Å². The second-order valence-corrected chi connectivity index (χ2v) is 6.51. The minimum Gasteiger partial charge on any atom is -0.491 e. The Bertz CT molecular complexity index is 716.